The fraction of sp³-hybridized carbons (Fsp3) is 0.429. The zero-order valence-electron chi connectivity index (χ0n) is 11.3. The van der Waals surface area contributed by atoms with E-state index in [-0.39, 0.29) is 18.4 Å². The monoisotopic (exact) mass is 264 g/mol. The van der Waals surface area contributed by atoms with Crippen molar-refractivity contribution in [3.63, 3.8) is 0 Å². The molecule has 5 nitrogen and oxygen atoms in total. The maximum absolute atomic E-state index is 11.7. The molecule has 0 saturated carbocycles. The molecule has 0 aliphatic carbocycles. The van der Waals surface area contributed by atoms with E-state index in [4.69, 9.17) is 5.11 Å². The van der Waals surface area contributed by atoms with Gasteiger partial charge in [0, 0.05) is 19.2 Å². The van der Waals surface area contributed by atoms with Crippen LogP contribution in [0.3, 0.4) is 0 Å². The van der Waals surface area contributed by atoms with Crippen molar-refractivity contribution in [3.05, 3.63) is 35.9 Å². The molecule has 0 aliphatic rings. The van der Waals surface area contributed by atoms with E-state index in [0.29, 0.717) is 18.5 Å². The Bertz CT molecular complexity index is 418. The molecule has 0 bridgehead atoms. The van der Waals surface area contributed by atoms with Gasteiger partial charge in [-0.25, -0.2) is 0 Å². The maximum Gasteiger partial charge on any atom is 0.251 e. The van der Waals surface area contributed by atoms with Crippen LogP contribution in [-0.4, -0.2) is 48.1 Å². The highest BCUT2D eigenvalue weighted by atomic mass is 16.3. The molecule has 0 spiro atoms. The quantitative estimate of drug-likeness (QED) is 0.792. The summed E-state index contributed by atoms with van der Waals surface area (Å²) in [6, 6.07) is 8.75. The molecule has 0 heterocycles. The van der Waals surface area contributed by atoms with Crippen LogP contribution in [0.2, 0.25) is 0 Å². The molecule has 5 heteroatoms. The lowest BCUT2D eigenvalue weighted by molar-refractivity contribution is -0.129. The minimum absolute atomic E-state index is 0.0377. The summed E-state index contributed by atoms with van der Waals surface area (Å²) in [7, 11) is 1.65. The van der Waals surface area contributed by atoms with Gasteiger partial charge in [-0.1, -0.05) is 18.2 Å². The first-order chi connectivity index (χ1) is 9.00. The van der Waals surface area contributed by atoms with E-state index >= 15 is 0 Å². The Morgan fingerprint density at radius 3 is 2.53 bits per heavy atom. The van der Waals surface area contributed by atoms with Crippen molar-refractivity contribution < 1.29 is 14.7 Å². The minimum atomic E-state index is -0.436. The van der Waals surface area contributed by atoms with Gasteiger partial charge in [-0.15, -0.1) is 0 Å². The number of hydrogen-bond acceptors (Lipinski definition) is 3. The fourth-order valence-electron chi connectivity index (χ4n) is 1.49. The molecule has 1 aromatic rings. The highest BCUT2D eigenvalue weighted by Gasteiger charge is 2.11. The van der Waals surface area contributed by atoms with Crippen molar-refractivity contribution in [2.75, 3.05) is 20.1 Å². The molecule has 0 aliphatic heterocycles. The number of aliphatic hydroxyl groups excluding tert-OH is 1. The topological polar surface area (TPSA) is 69.6 Å². The minimum Gasteiger partial charge on any atom is -0.393 e. The van der Waals surface area contributed by atoms with Crippen LogP contribution in [0.5, 0.6) is 0 Å². The van der Waals surface area contributed by atoms with E-state index in [1.807, 2.05) is 6.07 Å². The first-order valence-electron chi connectivity index (χ1n) is 6.26. The summed E-state index contributed by atoms with van der Waals surface area (Å²) >= 11 is 0. The molecular formula is C14H20N2O3. The van der Waals surface area contributed by atoms with Crippen LogP contribution in [-0.2, 0) is 4.79 Å². The van der Waals surface area contributed by atoms with E-state index in [1.54, 1.807) is 38.2 Å². The molecule has 19 heavy (non-hydrogen) atoms. The van der Waals surface area contributed by atoms with Crippen LogP contribution in [0, 0.1) is 0 Å². The van der Waals surface area contributed by atoms with E-state index in [0.717, 1.165) is 0 Å². The number of benzene rings is 1. The van der Waals surface area contributed by atoms with Crippen LogP contribution in [0.15, 0.2) is 30.3 Å². The highest BCUT2D eigenvalue weighted by Crippen LogP contribution is 1.98. The number of nitrogens with one attached hydrogen (secondary N) is 1. The molecule has 1 rings (SSSR count). The van der Waals surface area contributed by atoms with Gasteiger partial charge in [-0.05, 0) is 25.5 Å². The van der Waals surface area contributed by atoms with Crippen molar-refractivity contribution in [1.29, 1.82) is 0 Å². The summed E-state index contributed by atoms with van der Waals surface area (Å²) in [6.07, 6.45) is 0.0867. The second-order valence-corrected chi connectivity index (χ2v) is 4.50. The molecule has 0 radical (unpaired) electrons. The second kappa shape index (κ2) is 7.53. The first-order valence-corrected chi connectivity index (χ1v) is 6.26. The van der Waals surface area contributed by atoms with Gasteiger partial charge in [-0.2, -0.15) is 0 Å². The average Bonchev–Trinajstić information content (AvgIpc) is 2.42. The van der Waals surface area contributed by atoms with Crippen molar-refractivity contribution in [1.82, 2.24) is 10.2 Å². The third-order valence-electron chi connectivity index (χ3n) is 2.74. The summed E-state index contributed by atoms with van der Waals surface area (Å²) in [5.41, 5.74) is 0.530. The lowest BCUT2D eigenvalue weighted by atomic mass is 10.2. The Morgan fingerprint density at radius 2 is 1.95 bits per heavy atom. The van der Waals surface area contributed by atoms with Gasteiger partial charge in [0.05, 0.1) is 12.6 Å². The molecule has 2 amide bonds. The number of rotatable bonds is 6. The average molecular weight is 264 g/mol. The van der Waals surface area contributed by atoms with Crippen molar-refractivity contribution in [2.45, 2.75) is 19.4 Å². The number of carbonyl (C=O) groups is 2. The summed E-state index contributed by atoms with van der Waals surface area (Å²) in [5.74, 6) is -0.442. The standard InChI is InChI=1S/C14H20N2O3/c1-11(17)8-9-16(2)13(18)10-15-14(19)12-6-4-3-5-7-12/h3-7,11,17H,8-10H2,1-2H3,(H,15,19). The van der Waals surface area contributed by atoms with Crippen LogP contribution >= 0.6 is 0 Å². The van der Waals surface area contributed by atoms with Gasteiger partial charge in [-0.3, -0.25) is 9.59 Å². The highest BCUT2D eigenvalue weighted by molar-refractivity contribution is 5.96. The largest absolute Gasteiger partial charge is 0.393 e. The summed E-state index contributed by atoms with van der Waals surface area (Å²) in [4.78, 5) is 24.9. The van der Waals surface area contributed by atoms with Gasteiger partial charge in [0.1, 0.15) is 0 Å². The van der Waals surface area contributed by atoms with Crippen molar-refractivity contribution >= 4 is 11.8 Å². The number of nitrogens with zero attached hydrogens (tertiary/aromatic N) is 1. The van der Waals surface area contributed by atoms with Crippen LogP contribution in [0.4, 0.5) is 0 Å². The van der Waals surface area contributed by atoms with Gasteiger partial charge >= 0.3 is 0 Å². The molecule has 104 valence electrons. The number of aliphatic hydroxyl groups is 1. The Balaban J connectivity index is 2.36. The molecule has 0 fully saturated rings. The molecule has 0 saturated heterocycles. The molecule has 0 aromatic heterocycles. The molecule has 1 aromatic carbocycles. The van der Waals surface area contributed by atoms with E-state index in [9.17, 15) is 9.59 Å². The number of likely N-dealkylation sites (N-methyl/N-ethyl adjacent to an activating group) is 1. The Kier molecular flexibility index (Phi) is 6.02. The summed E-state index contributed by atoms with van der Waals surface area (Å²) in [5, 5.41) is 11.7. The number of hydrogen-bond donors (Lipinski definition) is 2. The van der Waals surface area contributed by atoms with E-state index in [2.05, 4.69) is 5.32 Å². The molecule has 2 N–H and O–H groups in total. The number of carbonyl (C=O) groups excluding carboxylic acids is 2. The van der Waals surface area contributed by atoms with Gasteiger partial charge in [0.2, 0.25) is 5.91 Å². The smallest absolute Gasteiger partial charge is 0.251 e. The lowest BCUT2D eigenvalue weighted by Gasteiger charge is -2.18. The maximum atomic E-state index is 11.7. The van der Waals surface area contributed by atoms with Crippen molar-refractivity contribution in [3.8, 4) is 0 Å². The predicted molar refractivity (Wildman–Crippen MR) is 72.7 cm³/mol. The summed E-state index contributed by atoms with van der Waals surface area (Å²) in [6.45, 7) is 2.11. The van der Waals surface area contributed by atoms with Crippen LogP contribution in [0.1, 0.15) is 23.7 Å². The zero-order valence-corrected chi connectivity index (χ0v) is 11.3. The SMILES string of the molecule is CC(O)CCN(C)C(=O)CNC(=O)c1ccccc1. The van der Waals surface area contributed by atoms with E-state index in [1.165, 1.54) is 4.90 Å². The normalized spacial score (nSPS) is 11.7. The van der Waals surface area contributed by atoms with Crippen molar-refractivity contribution in [2.24, 2.45) is 0 Å². The van der Waals surface area contributed by atoms with E-state index < -0.39 is 6.10 Å². The third-order valence-corrected chi connectivity index (χ3v) is 2.74. The predicted octanol–water partition coefficient (Wildman–Crippen LogP) is 0.646. The molecule has 1 unspecified atom stereocenters. The second-order valence-electron chi connectivity index (χ2n) is 4.50. The third kappa shape index (κ3) is 5.52. The fourth-order valence-corrected chi connectivity index (χ4v) is 1.49. The summed E-state index contributed by atoms with van der Waals surface area (Å²) < 4.78 is 0. The lowest BCUT2D eigenvalue weighted by Crippen LogP contribution is -2.39. The van der Waals surface area contributed by atoms with Crippen LogP contribution < -0.4 is 5.32 Å². The zero-order chi connectivity index (χ0) is 14.3. The van der Waals surface area contributed by atoms with Crippen LogP contribution in [0.25, 0.3) is 0 Å². The van der Waals surface area contributed by atoms with Gasteiger partial charge < -0.3 is 15.3 Å². The molecular weight excluding hydrogens is 244 g/mol. The van der Waals surface area contributed by atoms with Gasteiger partial charge in [0.25, 0.3) is 5.91 Å². The Labute approximate surface area is 113 Å². The Morgan fingerprint density at radius 1 is 1.32 bits per heavy atom. The Hall–Kier alpha value is -1.88. The molecule has 1 atom stereocenters. The number of amides is 2. The van der Waals surface area contributed by atoms with Gasteiger partial charge in [0.15, 0.2) is 0 Å². The first kappa shape index (κ1) is 15.2.